The second-order valence-corrected chi connectivity index (χ2v) is 6.99. The van der Waals surface area contributed by atoms with Crippen molar-refractivity contribution >= 4 is 28.1 Å². The average molecular weight is 435 g/mol. The molecule has 1 heterocycles. The fraction of sp³-hybridized carbons (Fsp3) is 0.222. The first-order valence-electron chi connectivity index (χ1n) is 7.97. The summed E-state index contributed by atoms with van der Waals surface area (Å²) in [6, 6.07) is 12.2. The molecule has 2 N–H and O–H groups in total. The minimum Gasteiger partial charge on any atom is -0.493 e. The van der Waals surface area contributed by atoms with Crippen molar-refractivity contribution in [1.82, 2.24) is 14.9 Å². The molecule has 26 heavy (non-hydrogen) atoms. The Labute approximate surface area is 165 Å². The Bertz CT molecular complexity index is 937. The lowest BCUT2D eigenvalue weighted by atomic mass is 10.1. The second-order valence-electron chi connectivity index (χ2n) is 5.75. The number of halogens is 1. The number of rotatable bonds is 7. The Morgan fingerprint density at radius 2 is 2.00 bits per heavy atom. The maximum absolute atomic E-state index is 5.98. The number of hydrogen-bond donors (Lipinski definition) is 2. The maximum Gasteiger partial charge on any atom is 0.214 e. The van der Waals surface area contributed by atoms with E-state index in [1.54, 1.807) is 18.1 Å². The Morgan fingerprint density at radius 1 is 1.23 bits per heavy atom. The molecule has 0 aliphatic heterocycles. The SMILES string of the molecule is COc1cc(CNn2cn[nH]c2=S)cc(Br)c1OCc1ccc(C)cc1. The predicted octanol–water partition coefficient (Wildman–Crippen LogP) is 4.34. The molecule has 0 unspecified atom stereocenters. The highest BCUT2D eigenvalue weighted by Gasteiger charge is 2.12. The van der Waals surface area contributed by atoms with Gasteiger partial charge in [0.25, 0.3) is 0 Å². The van der Waals surface area contributed by atoms with E-state index in [9.17, 15) is 0 Å². The number of benzene rings is 2. The van der Waals surface area contributed by atoms with Gasteiger partial charge in [-0.05, 0) is 58.3 Å². The number of H-pyrrole nitrogens is 1. The Kier molecular flexibility index (Phi) is 5.95. The van der Waals surface area contributed by atoms with Crippen LogP contribution in [0, 0.1) is 11.7 Å². The first-order valence-corrected chi connectivity index (χ1v) is 9.17. The Morgan fingerprint density at radius 3 is 2.65 bits per heavy atom. The van der Waals surface area contributed by atoms with Crippen molar-refractivity contribution in [3.8, 4) is 11.5 Å². The highest BCUT2D eigenvalue weighted by atomic mass is 79.9. The summed E-state index contributed by atoms with van der Waals surface area (Å²) in [7, 11) is 1.63. The highest BCUT2D eigenvalue weighted by Crippen LogP contribution is 2.37. The summed E-state index contributed by atoms with van der Waals surface area (Å²) in [4.78, 5) is 0. The summed E-state index contributed by atoms with van der Waals surface area (Å²) in [5, 5.41) is 6.57. The van der Waals surface area contributed by atoms with E-state index in [1.807, 2.05) is 12.1 Å². The average Bonchev–Trinajstić information content (AvgIpc) is 3.05. The third-order valence-corrected chi connectivity index (χ3v) is 4.68. The van der Waals surface area contributed by atoms with Crippen molar-refractivity contribution in [2.45, 2.75) is 20.1 Å². The van der Waals surface area contributed by atoms with Crippen LogP contribution in [0.2, 0.25) is 0 Å². The van der Waals surface area contributed by atoms with Gasteiger partial charge in [-0.1, -0.05) is 29.8 Å². The molecule has 1 aromatic heterocycles. The van der Waals surface area contributed by atoms with Crippen molar-refractivity contribution < 1.29 is 9.47 Å². The molecule has 0 fully saturated rings. The van der Waals surface area contributed by atoms with Gasteiger partial charge in [0.05, 0.1) is 18.1 Å². The first-order chi connectivity index (χ1) is 12.6. The van der Waals surface area contributed by atoms with Gasteiger partial charge in [0.15, 0.2) is 11.5 Å². The van der Waals surface area contributed by atoms with E-state index in [1.165, 1.54) is 5.56 Å². The number of aromatic nitrogens is 3. The Balaban J connectivity index is 1.73. The monoisotopic (exact) mass is 434 g/mol. The molecule has 0 atom stereocenters. The summed E-state index contributed by atoms with van der Waals surface area (Å²) in [5.74, 6) is 1.34. The number of nitrogens with one attached hydrogen (secondary N) is 2. The number of ether oxygens (including phenoxy) is 2. The largest absolute Gasteiger partial charge is 0.493 e. The normalized spacial score (nSPS) is 10.6. The van der Waals surface area contributed by atoms with Crippen molar-refractivity contribution in [3.05, 3.63) is 68.7 Å². The van der Waals surface area contributed by atoms with Crippen LogP contribution in [0.15, 0.2) is 47.2 Å². The van der Waals surface area contributed by atoms with Crippen LogP contribution in [-0.2, 0) is 13.2 Å². The van der Waals surface area contributed by atoms with E-state index in [-0.39, 0.29) is 0 Å². The molecule has 0 bridgehead atoms. The van der Waals surface area contributed by atoms with Crippen LogP contribution in [0.3, 0.4) is 0 Å². The van der Waals surface area contributed by atoms with Crippen LogP contribution in [-0.4, -0.2) is 22.0 Å². The summed E-state index contributed by atoms with van der Waals surface area (Å²) in [6.45, 7) is 3.09. The zero-order chi connectivity index (χ0) is 18.5. The molecule has 2 aromatic carbocycles. The Hall–Kier alpha value is -2.32. The van der Waals surface area contributed by atoms with Gasteiger partial charge < -0.3 is 14.9 Å². The van der Waals surface area contributed by atoms with Gasteiger partial charge in [0.1, 0.15) is 12.9 Å². The van der Waals surface area contributed by atoms with E-state index in [2.05, 4.69) is 62.7 Å². The standard InChI is InChI=1S/C18H19BrN4O2S/c1-12-3-5-13(6-4-12)10-25-17-15(19)7-14(8-16(17)24-2)9-21-23-11-20-22-18(23)26/h3-8,11,21H,9-10H2,1-2H3,(H,22,26). The molecule has 0 aliphatic rings. The molecule has 0 saturated heterocycles. The van der Waals surface area contributed by atoms with Gasteiger partial charge in [0, 0.05) is 0 Å². The van der Waals surface area contributed by atoms with E-state index >= 15 is 0 Å². The summed E-state index contributed by atoms with van der Waals surface area (Å²) in [6.07, 6.45) is 1.59. The lowest BCUT2D eigenvalue weighted by Gasteiger charge is -2.15. The fourth-order valence-electron chi connectivity index (χ4n) is 2.39. The van der Waals surface area contributed by atoms with E-state index in [0.717, 1.165) is 15.6 Å². The molecular weight excluding hydrogens is 416 g/mol. The van der Waals surface area contributed by atoms with Gasteiger partial charge in [-0.2, -0.15) is 5.10 Å². The maximum atomic E-state index is 5.98. The number of aryl methyl sites for hydroxylation is 1. The molecule has 3 aromatic rings. The van der Waals surface area contributed by atoms with Gasteiger partial charge in [-0.3, -0.25) is 5.10 Å². The molecule has 6 nitrogen and oxygen atoms in total. The number of methoxy groups -OCH3 is 1. The first kappa shape index (κ1) is 18.5. The summed E-state index contributed by atoms with van der Waals surface area (Å²) < 4.78 is 14.5. The quantitative estimate of drug-likeness (QED) is 0.541. The van der Waals surface area contributed by atoms with E-state index in [0.29, 0.717) is 29.4 Å². The number of nitrogens with zero attached hydrogens (tertiary/aromatic N) is 2. The van der Waals surface area contributed by atoms with Crippen molar-refractivity contribution in [2.24, 2.45) is 0 Å². The van der Waals surface area contributed by atoms with E-state index < -0.39 is 0 Å². The van der Waals surface area contributed by atoms with Gasteiger partial charge in [-0.15, -0.1) is 0 Å². The topological polar surface area (TPSA) is 64.1 Å². The molecule has 0 radical (unpaired) electrons. The summed E-state index contributed by atoms with van der Waals surface area (Å²) >= 11 is 8.69. The zero-order valence-electron chi connectivity index (χ0n) is 14.5. The molecular formula is C18H19BrN4O2S. The van der Waals surface area contributed by atoms with Gasteiger partial charge in [0.2, 0.25) is 4.77 Å². The molecule has 0 saturated carbocycles. The molecule has 0 amide bonds. The van der Waals surface area contributed by atoms with Crippen LogP contribution in [0.4, 0.5) is 0 Å². The lowest BCUT2D eigenvalue weighted by Crippen LogP contribution is -2.13. The molecule has 136 valence electrons. The zero-order valence-corrected chi connectivity index (χ0v) is 16.9. The number of hydrogen-bond acceptors (Lipinski definition) is 5. The predicted molar refractivity (Wildman–Crippen MR) is 107 cm³/mol. The second kappa shape index (κ2) is 8.37. The third kappa shape index (κ3) is 4.44. The van der Waals surface area contributed by atoms with Crippen LogP contribution in [0.25, 0.3) is 0 Å². The van der Waals surface area contributed by atoms with E-state index in [4.69, 9.17) is 21.7 Å². The fourth-order valence-corrected chi connectivity index (χ4v) is 3.16. The highest BCUT2D eigenvalue weighted by molar-refractivity contribution is 9.10. The molecule has 0 spiro atoms. The molecule has 8 heteroatoms. The third-order valence-electron chi connectivity index (χ3n) is 3.80. The van der Waals surface area contributed by atoms with Crippen LogP contribution in [0.1, 0.15) is 16.7 Å². The minimum absolute atomic E-state index is 0.469. The van der Waals surface area contributed by atoms with Crippen LogP contribution < -0.4 is 14.9 Å². The van der Waals surface area contributed by atoms with Crippen molar-refractivity contribution in [2.75, 3.05) is 12.5 Å². The van der Waals surface area contributed by atoms with Crippen molar-refractivity contribution in [1.29, 1.82) is 0 Å². The number of aromatic amines is 1. The lowest BCUT2D eigenvalue weighted by molar-refractivity contribution is 0.282. The van der Waals surface area contributed by atoms with Crippen LogP contribution >= 0.6 is 28.1 Å². The molecule has 3 rings (SSSR count). The minimum atomic E-state index is 0.469. The van der Waals surface area contributed by atoms with Gasteiger partial charge >= 0.3 is 0 Å². The van der Waals surface area contributed by atoms with Crippen molar-refractivity contribution in [3.63, 3.8) is 0 Å². The molecule has 0 aliphatic carbocycles. The summed E-state index contributed by atoms with van der Waals surface area (Å²) in [5.41, 5.74) is 6.51. The van der Waals surface area contributed by atoms with Gasteiger partial charge in [-0.25, -0.2) is 4.68 Å². The smallest absolute Gasteiger partial charge is 0.214 e. The van der Waals surface area contributed by atoms with Crippen LogP contribution in [0.5, 0.6) is 11.5 Å².